The highest BCUT2D eigenvalue weighted by atomic mass is 32.2. The molecule has 0 saturated heterocycles. The van der Waals surface area contributed by atoms with Crippen LogP contribution in [0, 0.1) is 11.8 Å². The molecule has 1 amide bonds. The third-order valence-corrected chi connectivity index (χ3v) is 3.83. The molecule has 0 spiro atoms. The van der Waals surface area contributed by atoms with Gasteiger partial charge in [0.05, 0.1) is 6.26 Å². The van der Waals surface area contributed by atoms with Gasteiger partial charge in [-0.15, -0.1) is 0 Å². The second-order valence-corrected chi connectivity index (χ2v) is 7.64. The number of nitrogens with two attached hydrogens (primary N) is 1. The van der Waals surface area contributed by atoms with Gasteiger partial charge in [-0.3, -0.25) is 9.35 Å². The molecule has 0 radical (unpaired) electrons. The smallest absolute Gasteiger partial charge is 0.261 e. The average molecular weight is 367 g/mol. The lowest BCUT2D eigenvalue weighted by molar-refractivity contribution is -0.116. The minimum atomic E-state index is -3.67. The molecule has 0 bridgehead atoms. The SMILES string of the molecule is CC(C)C1CCc2ccccc2C=C1C(=O)NC=NN.CS(=O)(=O)O. The number of aryl methyl sites for hydroxylation is 1. The highest BCUT2D eigenvalue weighted by Crippen LogP contribution is 2.32. The van der Waals surface area contributed by atoms with E-state index in [9.17, 15) is 13.2 Å². The summed E-state index contributed by atoms with van der Waals surface area (Å²) >= 11 is 0. The molecule has 4 N–H and O–H groups in total. The number of hydrogen-bond acceptors (Lipinski definition) is 5. The normalized spacial score (nSPS) is 17.2. The van der Waals surface area contributed by atoms with Crippen molar-refractivity contribution in [2.45, 2.75) is 26.7 Å². The van der Waals surface area contributed by atoms with Gasteiger partial charge in [-0.1, -0.05) is 38.1 Å². The Morgan fingerprint density at radius 1 is 1.40 bits per heavy atom. The summed E-state index contributed by atoms with van der Waals surface area (Å²) < 4.78 is 25.9. The number of rotatable bonds is 3. The number of benzene rings is 1. The van der Waals surface area contributed by atoms with E-state index in [1.54, 1.807) is 0 Å². The summed E-state index contributed by atoms with van der Waals surface area (Å²) in [6.45, 7) is 4.30. The summed E-state index contributed by atoms with van der Waals surface area (Å²) in [5.74, 6) is 5.58. The summed E-state index contributed by atoms with van der Waals surface area (Å²) in [6, 6.07) is 8.23. The number of carbonyl (C=O) groups is 1. The van der Waals surface area contributed by atoms with Gasteiger partial charge in [0, 0.05) is 5.57 Å². The van der Waals surface area contributed by atoms with Crippen molar-refractivity contribution in [3.63, 3.8) is 0 Å². The van der Waals surface area contributed by atoms with E-state index in [0.717, 1.165) is 24.0 Å². The average Bonchev–Trinajstić information content (AvgIpc) is 2.70. The molecule has 1 aromatic carbocycles. The van der Waals surface area contributed by atoms with Crippen molar-refractivity contribution in [1.29, 1.82) is 0 Å². The Labute approximate surface area is 148 Å². The Balaban J connectivity index is 0.000000550. The van der Waals surface area contributed by atoms with Gasteiger partial charge in [-0.2, -0.15) is 13.5 Å². The van der Waals surface area contributed by atoms with E-state index < -0.39 is 10.1 Å². The molecule has 1 unspecified atom stereocenters. The maximum absolute atomic E-state index is 12.3. The van der Waals surface area contributed by atoms with Gasteiger partial charge in [0.15, 0.2) is 0 Å². The zero-order chi connectivity index (χ0) is 19.0. The number of nitrogens with one attached hydrogen (secondary N) is 1. The quantitative estimate of drug-likeness (QED) is 0.247. The van der Waals surface area contributed by atoms with E-state index in [1.165, 1.54) is 11.9 Å². The first-order chi connectivity index (χ1) is 11.6. The van der Waals surface area contributed by atoms with Crippen LogP contribution in [0.3, 0.4) is 0 Å². The van der Waals surface area contributed by atoms with Crippen LogP contribution in [-0.4, -0.2) is 31.5 Å². The second kappa shape index (κ2) is 9.33. The predicted molar refractivity (Wildman–Crippen MR) is 99.4 cm³/mol. The molecule has 1 aliphatic carbocycles. The summed E-state index contributed by atoms with van der Waals surface area (Å²) in [5, 5.41) is 5.95. The van der Waals surface area contributed by atoms with Crippen LogP contribution in [0.1, 0.15) is 31.4 Å². The lowest BCUT2D eigenvalue weighted by atomic mass is 9.84. The fourth-order valence-electron chi connectivity index (χ4n) is 2.75. The van der Waals surface area contributed by atoms with Gasteiger partial charge in [0.25, 0.3) is 16.0 Å². The first kappa shape index (κ1) is 20.9. The minimum Gasteiger partial charge on any atom is -0.322 e. The van der Waals surface area contributed by atoms with Crippen molar-refractivity contribution in [1.82, 2.24) is 5.32 Å². The zero-order valence-corrected chi connectivity index (χ0v) is 15.5. The Morgan fingerprint density at radius 3 is 2.56 bits per heavy atom. The molecule has 25 heavy (non-hydrogen) atoms. The summed E-state index contributed by atoms with van der Waals surface area (Å²) in [7, 11) is -3.67. The second-order valence-electron chi connectivity index (χ2n) is 6.17. The first-order valence-electron chi connectivity index (χ1n) is 7.88. The summed E-state index contributed by atoms with van der Waals surface area (Å²) in [4.78, 5) is 12.3. The zero-order valence-electron chi connectivity index (χ0n) is 14.6. The molecular formula is C17H25N3O4S. The molecule has 0 fully saturated rings. The molecule has 7 nitrogen and oxygen atoms in total. The third kappa shape index (κ3) is 7.49. The highest BCUT2D eigenvalue weighted by molar-refractivity contribution is 7.85. The van der Waals surface area contributed by atoms with Gasteiger partial charge in [0.1, 0.15) is 6.34 Å². The molecule has 0 aliphatic heterocycles. The van der Waals surface area contributed by atoms with Gasteiger partial charge >= 0.3 is 0 Å². The Hall–Kier alpha value is -2.19. The number of carbonyl (C=O) groups excluding carboxylic acids is 1. The lowest BCUT2D eigenvalue weighted by Crippen LogP contribution is -2.29. The van der Waals surface area contributed by atoms with Crippen LogP contribution in [0.15, 0.2) is 34.9 Å². The lowest BCUT2D eigenvalue weighted by Gasteiger charge is -2.21. The molecule has 2 rings (SSSR count). The standard InChI is InChI=1S/C16H21N3O.CH4O3S/c1-11(2)14-8-7-12-5-3-4-6-13(12)9-15(14)16(20)18-10-19-17;1-5(2,3)4/h3-6,9-11,14H,7-8,17H2,1-2H3,(H,18,19,20);1H3,(H,2,3,4). The van der Waals surface area contributed by atoms with Crippen LogP contribution in [0.5, 0.6) is 0 Å². The number of hydrazone groups is 1. The predicted octanol–water partition coefficient (Wildman–Crippen LogP) is 1.81. The minimum absolute atomic E-state index is 0.116. The fourth-order valence-corrected chi connectivity index (χ4v) is 2.75. The van der Waals surface area contributed by atoms with Crippen LogP contribution >= 0.6 is 0 Å². The van der Waals surface area contributed by atoms with Gasteiger partial charge < -0.3 is 11.2 Å². The molecule has 138 valence electrons. The van der Waals surface area contributed by atoms with Gasteiger partial charge in [-0.05, 0) is 41.9 Å². The van der Waals surface area contributed by atoms with Crippen LogP contribution in [-0.2, 0) is 21.3 Å². The van der Waals surface area contributed by atoms with Crippen LogP contribution in [0.4, 0.5) is 0 Å². The maximum atomic E-state index is 12.3. The van der Waals surface area contributed by atoms with Crippen molar-refractivity contribution in [3.8, 4) is 0 Å². The molecule has 1 aliphatic rings. The van der Waals surface area contributed by atoms with Gasteiger partial charge in [-0.25, -0.2) is 0 Å². The molecule has 0 heterocycles. The topological polar surface area (TPSA) is 122 Å². The van der Waals surface area contributed by atoms with E-state index in [2.05, 4.69) is 36.4 Å². The van der Waals surface area contributed by atoms with Crippen molar-refractivity contribution in [2.75, 3.05) is 6.26 Å². The van der Waals surface area contributed by atoms with E-state index >= 15 is 0 Å². The van der Waals surface area contributed by atoms with Crippen LogP contribution in [0.25, 0.3) is 6.08 Å². The Bertz CT molecular complexity index is 747. The highest BCUT2D eigenvalue weighted by Gasteiger charge is 2.26. The summed E-state index contributed by atoms with van der Waals surface area (Å²) in [5.41, 5.74) is 3.24. The monoisotopic (exact) mass is 367 g/mol. The van der Waals surface area contributed by atoms with Crippen molar-refractivity contribution >= 4 is 28.4 Å². The molecular weight excluding hydrogens is 342 g/mol. The van der Waals surface area contributed by atoms with Gasteiger partial charge in [0.2, 0.25) is 0 Å². The Morgan fingerprint density at radius 2 is 2.00 bits per heavy atom. The van der Waals surface area contributed by atoms with Crippen molar-refractivity contribution in [2.24, 2.45) is 22.8 Å². The van der Waals surface area contributed by atoms with Crippen molar-refractivity contribution < 1.29 is 17.8 Å². The van der Waals surface area contributed by atoms with Crippen LogP contribution < -0.4 is 11.2 Å². The van der Waals surface area contributed by atoms with E-state index in [-0.39, 0.29) is 11.8 Å². The van der Waals surface area contributed by atoms with Crippen molar-refractivity contribution in [3.05, 3.63) is 41.0 Å². The number of fused-ring (bicyclic) bond motifs is 1. The molecule has 8 heteroatoms. The fraction of sp³-hybridized carbons (Fsp3) is 0.412. The number of nitrogens with zero attached hydrogens (tertiary/aromatic N) is 1. The largest absolute Gasteiger partial charge is 0.322 e. The first-order valence-corrected chi connectivity index (χ1v) is 9.72. The third-order valence-electron chi connectivity index (χ3n) is 3.83. The van der Waals surface area contributed by atoms with Crippen LogP contribution in [0.2, 0.25) is 0 Å². The van der Waals surface area contributed by atoms with E-state index in [4.69, 9.17) is 10.4 Å². The molecule has 0 saturated carbocycles. The number of hydrogen-bond donors (Lipinski definition) is 3. The molecule has 1 atom stereocenters. The Kier molecular flexibility index (Phi) is 7.79. The number of amides is 1. The summed E-state index contributed by atoms with van der Waals surface area (Å²) in [6.07, 6.45) is 5.93. The van der Waals surface area contributed by atoms with E-state index in [1.807, 2.05) is 18.2 Å². The molecule has 1 aromatic rings. The van der Waals surface area contributed by atoms with E-state index in [0.29, 0.717) is 12.2 Å². The maximum Gasteiger partial charge on any atom is 0.261 e. The molecule has 0 aromatic heterocycles.